The summed E-state index contributed by atoms with van der Waals surface area (Å²) in [5.74, 6) is 1.56. The average Bonchev–Trinajstić information content (AvgIpc) is 3.13. The Morgan fingerprint density at radius 3 is 2.96 bits per heavy atom. The van der Waals surface area contributed by atoms with Gasteiger partial charge in [0.2, 0.25) is 0 Å². The van der Waals surface area contributed by atoms with Crippen molar-refractivity contribution in [3.8, 4) is 11.4 Å². The number of fused-ring (bicyclic) bond motifs is 2. The van der Waals surface area contributed by atoms with Gasteiger partial charge in [-0.25, -0.2) is 15.0 Å². The Balaban J connectivity index is 1.48. The first kappa shape index (κ1) is 15.1. The lowest BCUT2D eigenvalue weighted by molar-refractivity contribution is 0.598. The number of aryl methyl sites for hydroxylation is 1. The molecule has 0 bridgehead atoms. The molecule has 2 N–H and O–H groups in total. The lowest BCUT2D eigenvalue weighted by Gasteiger charge is -2.26. The highest BCUT2D eigenvalue weighted by Crippen LogP contribution is 2.32. The van der Waals surface area contributed by atoms with E-state index < -0.39 is 0 Å². The Labute approximate surface area is 151 Å². The van der Waals surface area contributed by atoms with Crippen LogP contribution in [0.3, 0.4) is 0 Å². The summed E-state index contributed by atoms with van der Waals surface area (Å²) >= 11 is 0. The zero-order valence-corrected chi connectivity index (χ0v) is 14.3. The van der Waals surface area contributed by atoms with Crippen LogP contribution in [-0.2, 0) is 6.42 Å². The van der Waals surface area contributed by atoms with Crippen molar-refractivity contribution >= 4 is 16.9 Å². The van der Waals surface area contributed by atoms with E-state index in [-0.39, 0.29) is 0 Å². The number of anilines is 1. The summed E-state index contributed by atoms with van der Waals surface area (Å²) in [6, 6.07) is 14.9. The van der Waals surface area contributed by atoms with Gasteiger partial charge in [0, 0.05) is 29.5 Å². The fourth-order valence-electron chi connectivity index (χ4n) is 3.79. The number of rotatable bonds is 3. The van der Waals surface area contributed by atoms with Gasteiger partial charge in [-0.1, -0.05) is 24.3 Å². The van der Waals surface area contributed by atoms with Crippen molar-refractivity contribution in [1.82, 2.24) is 19.9 Å². The lowest BCUT2D eigenvalue weighted by atomic mass is 9.88. The first-order chi connectivity index (χ1) is 12.9. The number of hydrogen-bond acceptors (Lipinski definition) is 4. The number of nitrogens with zero attached hydrogens (tertiary/aromatic N) is 3. The van der Waals surface area contributed by atoms with E-state index in [1.54, 1.807) is 6.20 Å². The monoisotopic (exact) mass is 341 g/mol. The highest BCUT2D eigenvalue weighted by molar-refractivity contribution is 5.91. The number of nitrogens with one attached hydrogen (secondary N) is 2. The first-order valence-corrected chi connectivity index (χ1v) is 8.98. The highest BCUT2D eigenvalue weighted by atomic mass is 15.0. The molecular formula is C21H19N5. The Bertz CT molecular complexity index is 1070. The van der Waals surface area contributed by atoms with Crippen molar-refractivity contribution in [2.75, 3.05) is 5.32 Å². The van der Waals surface area contributed by atoms with Crippen LogP contribution < -0.4 is 5.32 Å². The van der Waals surface area contributed by atoms with Crippen LogP contribution >= 0.6 is 0 Å². The van der Waals surface area contributed by atoms with Crippen LogP contribution in [-0.4, -0.2) is 19.9 Å². The van der Waals surface area contributed by atoms with E-state index in [2.05, 4.69) is 44.5 Å². The molecule has 3 heterocycles. The number of benzene rings is 1. The molecule has 5 rings (SSSR count). The molecular weight excluding hydrogens is 322 g/mol. The molecule has 0 radical (unpaired) electrons. The molecule has 0 unspecified atom stereocenters. The molecule has 128 valence electrons. The van der Waals surface area contributed by atoms with Gasteiger partial charge in [-0.3, -0.25) is 0 Å². The van der Waals surface area contributed by atoms with Crippen LogP contribution in [0.2, 0.25) is 0 Å². The molecule has 26 heavy (non-hydrogen) atoms. The highest BCUT2D eigenvalue weighted by Gasteiger charge is 2.20. The summed E-state index contributed by atoms with van der Waals surface area (Å²) in [6.07, 6.45) is 8.99. The fourth-order valence-corrected chi connectivity index (χ4v) is 3.79. The Hall–Kier alpha value is -3.21. The van der Waals surface area contributed by atoms with Crippen molar-refractivity contribution < 1.29 is 0 Å². The van der Waals surface area contributed by atoms with Crippen molar-refractivity contribution in [3.05, 3.63) is 72.2 Å². The van der Waals surface area contributed by atoms with Gasteiger partial charge >= 0.3 is 0 Å². The van der Waals surface area contributed by atoms with E-state index >= 15 is 0 Å². The predicted molar refractivity (Wildman–Crippen MR) is 103 cm³/mol. The Kier molecular flexibility index (Phi) is 3.63. The van der Waals surface area contributed by atoms with Crippen LogP contribution in [0.25, 0.3) is 22.4 Å². The minimum atomic E-state index is 0.298. The molecule has 0 saturated carbocycles. The van der Waals surface area contributed by atoms with Crippen LogP contribution in [0.5, 0.6) is 0 Å². The topological polar surface area (TPSA) is 66.5 Å². The fraction of sp³-hybridized carbons (Fsp3) is 0.190. The van der Waals surface area contributed by atoms with Crippen molar-refractivity contribution in [2.45, 2.75) is 25.3 Å². The van der Waals surface area contributed by atoms with Crippen molar-refractivity contribution in [1.29, 1.82) is 0 Å². The summed E-state index contributed by atoms with van der Waals surface area (Å²) in [5.41, 5.74) is 4.65. The third-order valence-corrected chi connectivity index (χ3v) is 5.04. The molecule has 5 heteroatoms. The molecule has 0 spiro atoms. The van der Waals surface area contributed by atoms with E-state index in [4.69, 9.17) is 4.98 Å². The molecule has 0 saturated heterocycles. The molecule has 1 aromatic carbocycles. The molecule has 0 aliphatic heterocycles. The lowest BCUT2D eigenvalue weighted by Crippen LogP contribution is -2.18. The van der Waals surface area contributed by atoms with Crippen LogP contribution in [0, 0.1) is 0 Å². The second-order valence-corrected chi connectivity index (χ2v) is 6.66. The normalized spacial score (nSPS) is 16.4. The number of H-pyrrole nitrogens is 1. The summed E-state index contributed by atoms with van der Waals surface area (Å²) in [4.78, 5) is 16.8. The largest absolute Gasteiger partial charge is 0.363 e. The molecule has 4 aromatic rings. The van der Waals surface area contributed by atoms with E-state index in [1.807, 2.05) is 30.6 Å². The van der Waals surface area contributed by atoms with E-state index in [1.165, 1.54) is 17.5 Å². The van der Waals surface area contributed by atoms with Crippen LogP contribution in [0.15, 0.2) is 61.1 Å². The van der Waals surface area contributed by atoms with Crippen molar-refractivity contribution in [3.63, 3.8) is 0 Å². The second-order valence-electron chi connectivity index (χ2n) is 6.66. The number of hydrogen-bond donors (Lipinski definition) is 2. The van der Waals surface area contributed by atoms with Gasteiger partial charge in [0.15, 0.2) is 5.82 Å². The number of aromatic amines is 1. The van der Waals surface area contributed by atoms with Crippen molar-refractivity contribution in [2.24, 2.45) is 0 Å². The van der Waals surface area contributed by atoms with Gasteiger partial charge in [0.05, 0.1) is 6.04 Å². The molecule has 3 aromatic heterocycles. The van der Waals surface area contributed by atoms with Gasteiger partial charge in [-0.2, -0.15) is 0 Å². The van der Waals surface area contributed by atoms with Crippen LogP contribution in [0.4, 0.5) is 5.82 Å². The predicted octanol–water partition coefficient (Wildman–Crippen LogP) is 4.51. The zero-order valence-electron chi connectivity index (χ0n) is 14.3. The van der Waals surface area contributed by atoms with Gasteiger partial charge < -0.3 is 10.3 Å². The van der Waals surface area contributed by atoms with Gasteiger partial charge in [0.1, 0.15) is 11.5 Å². The smallest absolute Gasteiger partial charge is 0.163 e. The summed E-state index contributed by atoms with van der Waals surface area (Å²) < 4.78 is 0. The Morgan fingerprint density at radius 1 is 1.00 bits per heavy atom. The molecule has 5 nitrogen and oxygen atoms in total. The maximum absolute atomic E-state index is 4.76. The Morgan fingerprint density at radius 2 is 1.96 bits per heavy atom. The number of aromatic nitrogens is 4. The van der Waals surface area contributed by atoms with E-state index in [9.17, 15) is 0 Å². The first-order valence-electron chi connectivity index (χ1n) is 8.98. The zero-order chi connectivity index (χ0) is 17.3. The average molecular weight is 341 g/mol. The standard InChI is InChI=1S/C21H19N5/c1-2-7-15-14(5-1)6-3-9-18(15)25-19-10-12-23-21(26-19)17-13-24-20-16(17)8-4-11-22-20/h1-2,4-5,7-8,10-13,18H,3,6,9H2,(H,22,24)(H,23,25,26)/t18-/m1/s1. The minimum Gasteiger partial charge on any atom is -0.363 e. The summed E-state index contributed by atoms with van der Waals surface area (Å²) in [5, 5.41) is 4.65. The maximum atomic E-state index is 4.76. The molecule has 0 amide bonds. The van der Waals surface area contributed by atoms with Gasteiger partial charge in [-0.05, 0) is 48.6 Å². The third kappa shape index (κ3) is 2.62. The second kappa shape index (κ2) is 6.26. The molecule has 0 fully saturated rings. The van der Waals surface area contributed by atoms with Crippen LogP contribution in [0.1, 0.15) is 30.0 Å². The quantitative estimate of drug-likeness (QED) is 0.575. The maximum Gasteiger partial charge on any atom is 0.163 e. The number of pyridine rings is 1. The van der Waals surface area contributed by atoms with E-state index in [0.717, 1.165) is 35.3 Å². The molecule has 1 aliphatic carbocycles. The molecule has 1 aliphatic rings. The van der Waals surface area contributed by atoms with Gasteiger partial charge in [0.25, 0.3) is 0 Å². The minimum absolute atomic E-state index is 0.298. The summed E-state index contributed by atoms with van der Waals surface area (Å²) in [6.45, 7) is 0. The molecule has 1 atom stereocenters. The summed E-state index contributed by atoms with van der Waals surface area (Å²) in [7, 11) is 0. The van der Waals surface area contributed by atoms with E-state index in [0.29, 0.717) is 11.9 Å². The van der Waals surface area contributed by atoms with Gasteiger partial charge in [-0.15, -0.1) is 0 Å². The SMILES string of the molecule is c1ccc2c(c1)CCC[C@H]2Nc1ccnc(-c2c[nH]c3ncccc23)n1. The third-order valence-electron chi connectivity index (χ3n) is 5.04.